The van der Waals surface area contributed by atoms with Crippen molar-refractivity contribution >= 4 is 6.08 Å². The lowest BCUT2D eigenvalue weighted by atomic mass is 9.98. The highest BCUT2D eigenvalue weighted by Gasteiger charge is 2.48. The molecule has 3 heterocycles. The van der Waals surface area contributed by atoms with Gasteiger partial charge in [0.15, 0.2) is 17.3 Å². The molecule has 0 radical (unpaired) electrons. The number of hydrogen-bond donors (Lipinski definition) is 10. The fourth-order valence-electron chi connectivity index (χ4n) is 5.16. The molecule has 2 saturated heterocycles. The molecule has 11 unspecified atom stereocenters. The van der Waals surface area contributed by atoms with E-state index in [2.05, 4.69) is 4.74 Å². The van der Waals surface area contributed by atoms with Crippen molar-refractivity contribution in [3.8, 4) is 28.7 Å². The molecule has 0 aromatic heterocycles. The fraction of sp³-hybridized carbons (Fsp3) is 0.500. The van der Waals surface area contributed by atoms with Gasteiger partial charge in [0.05, 0.1) is 32.0 Å². The SMILES string of the molecule is COc1cc(C2[OH+]c3cc(O)cc(OC4OC(CO)C(O)C(O)C4O)c3C=C2OC2OC(CO)C(O)C(O)C2O)ccc1O. The summed E-state index contributed by atoms with van der Waals surface area (Å²) in [6.07, 6.45) is -15.7. The standard InChI is InChI=1S/C28H34O16/c1-39-16-4-10(2-3-13(16)32)26-17(42-28-25(38)23(36)21(34)19(9-30)44-28)7-12-14(40-26)5-11(31)6-15(12)41-27-24(37)22(35)20(33)18(8-29)43-27/h2-7,18-38H,8-9H2,1H3/p+1. The van der Waals surface area contributed by atoms with Crippen LogP contribution in [0.2, 0.25) is 0 Å². The Labute approximate surface area is 249 Å². The molecule has 44 heavy (non-hydrogen) atoms. The zero-order chi connectivity index (χ0) is 31.9. The Morgan fingerprint density at radius 2 is 1.32 bits per heavy atom. The molecule has 5 rings (SSSR count). The number of benzene rings is 2. The van der Waals surface area contributed by atoms with Gasteiger partial charge >= 0.3 is 0 Å². The first kappa shape index (κ1) is 32.0. The van der Waals surface area contributed by atoms with E-state index >= 15 is 0 Å². The molecule has 0 aliphatic carbocycles. The fourth-order valence-corrected chi connectivity index (χ4v) is 5.16. The van der Waals surface area contributed by atoms with Crippen LogP contribution in [0.3, 0.4) is 0 Å². The van der Waals surface area contributed by atoms with Crippen LogP contribution in [0.5, 0.6) is 28.7 Å². The zero-order valence-corrected chi connectivity index (χ0v) is 23.2. The van der Waals surface area contributed by atoms with Gasteiger partial charge in [-0.05, 0) is 18.2 Å². The van der Waals surface area contributed by atoms with E-state index in [-0.39, 0.29) is 40.1 Å². The van der Waals surface area contributed by atoms with Crippen LogP contribution in [-0.4, -0.2) is 138 Å². The number of phenolic OH excluding ortho intramolecular Hbond substituents is 2. The lowest BCUT2D eigenvalue weighted by molar-refractivity contribution is -0.295. The highest BCUT2D eigenvalue weighted by Crippen LogP contribution is 2.47. The molecule has 3 aliphatic rings. The zero-order valence-electron chi connectivity index (χ0n) is 23.2. The third kappa shape index (κ3) is 5.96. The summed E-state index contributed by atoms with van der Waals surface area (Å²) in [4.78, 5) is 0. The molecule has 3 aliphatic heterocycles. The minimum atomic E-state index is -1.77. The molecule has 16 heteroatoms. The smallest absolute Gasteiger partial charge is 0.270 e. The van der Waals surface area contributed by atoms with E-state index in [1.165, 1.54) is 37.5 Å². The summed E-state index contributed by atoms with van der Waals surface area (Å²) >= 11 is 0. The summed E-state index contributed by atoms with van der Waals surface area (Å²) in [5, 5.41) is 102. The second-order valence-corrected chi connectivity index (χ2v) is 10.5. The summed E-state index contributed by atoms with van der Waals surface area (Å²) in [7, 11) is 1.34. The quantitative estimate of drug-likeness (QED) is 0.135. The highest BCUT2D eigenvalue weighted by atomic mass is 16.7. The van der Waals surface area contributed by atoms with E-state index in [0.29, 0.717) is 5.56 Å². The second-order valence-electron chi connectivity index (χ2n) is 10.5. The van der Waals surface area contributed by atoms with Crippen molar-refractivity contribution in [3.63, 3.8) is 0 Å². The number of hydrogen-bond acceptors (Lipinski definition) is 15. The average Bonchev–Trinajstić information content (AvgIpc) is 3.01. The predicted octanol–water partition coefficient (Wildman–Crippen LogP) is -2.56. The van der Waals surface area contributed by atoms with Crippen LogP contribution < -0.4 is 9.47 Å². The molecule has 0 saturated carbocycles. The first-order chi connectivity index (χ1) is 21.0. The van der Waals surface area contributed by atoms with Gasteiger partial charge in [-0.1, -0.05) is 0 Å². The normalized spacial score (nSPS) is 35.2. The number of fused-ring (bicyclic) bond motifs is 1. The molecule has 242 valence electrons. The van der Waals surface area contributed by atoms with E-state index in [1.807, 2.05) is 0 Å². The van der Waals surface area contributed by atoms with Crippen molar-refractivity contribution < 1.29 is 79.5 Å². The van der Waals surface area contributed by atoms with Crippen LogP contribution >= 0.6 is 0 Å². The Morgan fingerprint density at radius 1 is 0.727 bits per heavy atom. The number of methoxy groups -OCH3 is 1. The maximum absolute atomic E-state index is 10.6. The van der Waals surface area contributed by atoms with E-state index < -0.39 is 80.7 Å². The number of rotatable bonds is 8. The number of aliphatic hydroxyl groups is 9. The van der Waals surface area contributed by atoms with Gasteiger partial charge in [0, 0.05) is 12.1 Å². The van der Waals surface area contributed by atoms with Crippen LogP contribution in [0.4, 0.5) is 0 Å². The Hall–Kier alpha value is -3.42. The Morgan fingerprint density at radius 3 is 1.89 bits per heavy atom. The average molecular weight is 628 g/mol. The molecule has 16 nitrogen and oxygen atoms in total. The molecule has 2 fully saturated rings. The van der Waals surface area contributed by atoms with Crippen LogP contribution in [0.1, 0.15) is 17.2 Å². The van der Waals surface area contributed by atoms with Crippen molar-refractivity contribution in [2.45, 2.75) is 67.5 Å². The molecular formula is C28H35O16+. The van der Waals surface area contributed by atoms with Crippen molar-refractivity contribution in [1.82, 2.24) is 0 Å². The summed E-state index contributed by atoms with van der Waals surface area (Å²) in [5.74, 6) is -0.411. The summed E-state index contributed by atoms with van der Waals surface area (Å²) in [6.45, 7) is -1.40. The first-order valence-electron chi connectivity index (χ1n) is 13.6. The van der Waals surface area contributed by atoms with Gasteiger partial charge in [-0.15, -0.1) is 0 Å². The van der Waals surface area contributed by atoms with Gasteiger partial charge in [-0.3, -0.25) is 0 Å². The monoisotopic (exact) mass is 627 g/mol. The van der Waals surface area contributed by atoms with Gasteiger partial charge in [0.2, 0.25) is 12.6 Å². The largest absolute Gasteiger partial charge is 0.571 e. The van der Waals surface area contributed by atoms with Crippen LogP contribution in [-0.2, 0) is 14.2 Å². The Bertz CT molecular complexity index is 1350. The van der Waals surface area contributed by atoms with Crippen molar-refractivity contribution in [2.24, 2.45) is 0 Å². The minimum absolute atomic E-state index is 0.0288. The molecule has 0 amide bonds. The van der Waals surface area contributed by atoms with Gasteiger partial charge in [0.1, 0.15) is 65.9 Å². The molecule has 0 bridgehead atoms. The van der Waals surface area contributed by atoms with Crippen molar-refractivity contribution in [1.29, 1.82) is 0 Å². The highest BCUT2D eigenvalue weighted by molar-refractivity contribution is 5.70. The lowest BCUT2D eigenvalue weighted by Crippen LogP contribution is -2.60. The molecular weight excluding hydrogens is 592 g/mol. The minimum Gasteiger partial charge on any atom is -0.571 e. The molecule has 2 aromatic carbocycles. The third-order valence-corrected chi connectivity index (χ3v) is 7.64. The van der Waals surface area contributed by atoms with E-state index in [0.717, 1.165) is 6.07 Å². The number of ether oxygens (including phenoxy) is 6. The van der Waals surface area contributed by atoms with Gasteiger partial charge in [-0.2, -0.15) is 0 Å². The Kier molecular flexibility index (Phi) is 9.38. The second kappa shape index (κ2) is 12.9. The first-order valence-corrected chi connectivity index (χ1v) is 13.6. The van der Waals surface area contributed by atoms with Crippen LogP contribution in [0.25, 0.3) is 6.08 Å². The van der Waals surface area contributed by atoms with Gasteiger partial charge in [-0.25, -0.2) is 0 Å². The maximum Gasteiger partial charge on any atom is 0.270 e. The van der Waals surface area contributed by atoms with Gasteiger partial charge < -0.3 is 79.5 Å². The molecule has 0 spiro atoms. The van der Waals surface area contributed by atoms with Crippen LogP contribution in [0, 0.1) is 0 Å². The maximum atomic E-state index is 10.6. The van der Waals surface area contributed by atoms with Gasteiger partial charge in [0.25, 0.3) is 11.9 Å². The number of phenols is 2. The van der Waals surface area contributed by atoms with E-state index in [1.54, 1.807) is 0 Å². The molecule has 11 N–H and O–H groups in total. The van der Waals surface area contributed by atoms with Crippen LogP contribution in [0.15, 0.2) is 36.1 Å². The topological polar surface area (TPSA) is 261 Å². The summed E-state index contributed by atoms with van der Waals surface area (Å²) in [6, 6.07) is 6.77. The number of aromatic hydroxyl groups is 3. The Balaban J connectivity index is 1.55. The van der Waals surface area contributed by atoms with E-state index in [4.69, 9.17) is 23.7 Å². The molecule has 11 atom stereocenters. The molecule has 2 aromatic rings. The van der Waals surface area contributed by atoms with Crippen molar-refractivity contribution in [3.05, 3.63) is 47.2 Å². The lowest BCUT2D eigenvalue weighted by Gasteiger charge is -2.40. The summed E-state index contributed by atoms with van der Waals surface area (Å²) in [5.41, 5.74) is 0.558. The van der Waals surface area contributed by atoms with E-state index in [9.17, 15) is 51.1 Å². The third-order valence-electron chi connectivity index (χ3n) is 7.64. The van der Waals surface area contributed by atoms with Crippen molar-refractivity contribution in [2.75, 3.05) is 20.3 Å². The number of aliphatic hydroxyl groups excluding tert-OH is 8. The predicted molar refractivity (Wildman–Crippen MR) is 144 cm³/mol. The summed E-state index contributed by atoms with van der Waals surface area (Å²) < 4.78 is 32.6.